The lowest BCUT2D eigenvalue weighted by Gasteiger charge is -2.05. The molecule has 0 saturated heterocycles. The number of hydrogen-bond donors (Lipinski definition) is 1. The van der Waals surface area contributed by atoms with Crippen molar-refractivity contribution in [3.63, 3.8) is 0 Å². The Labute approximate surface area is 188 Å². The predicted octanol–water partition coefficient (Wildman–Crippen LogP) is 4.60. The van der Waals surface area contributed by atoms with E-state index < -0.39 is 5.97 Å². The molecule has 0 radical (unpaired) electrons. The fourth-order valence-corrected chi connectivity index (χ4v) is 3.40. The molecule has 4 aromatic rings. The zero-order chi connectivity index (χ0) is 22.3. The second kappa shape index (κ2) is 9.93. The van der Waals surface area contributed by atoms with Gasteiger partial charge in [0.2, 0.25) is 0 Å². The number of esters is 1. The molecule has 0 aliphatic heterocycles. The van der Waals surface area contributed by atoms with Crippen molar-refractivity contribution in [1.82, 2.24) is 10.4 Å². The number of aromatic nitrogens is 1. The highest BCUT2D eigenvalue weighted by Gasteiger charge is 2.09. The minimum absolute atomic E-state index is 0.109. The highest BCUT2D eigenvalue weighted by molar-refractivity contribution is 7.99. The number of hydrogen-bond acceptors (Lipinski definition) is 7. The summed E-state index contributed by atoms with van der Waals surface area (Å²) in [5.41, 5.74) is 6.09. The van der Waals surface area contributed by atoms with E-state index >= 15 is 0 Å². The van der Waals surface area contributed by atoms with Crippen LogP contribution in [0.15, 0.2) is 87.5 Å². The molecule has 0 bridgehead atoms. The topological polar surface area (TPSA) is 93.8 Å². The van der Waals surface area contributed by atoms with Gasteiger partial charge in [0, 0.05) is 0 Å². The third kappa shape index (κ3) is 5.61. The zero-order valence-electron chi connectivity index (χ0n) is 17.1. The molecule has 1 N–H and O–H groups in total. The Balaban J connectivity index is 1.28. The normalized spacial score (nSPS) is 11.0. The molecule has 1 heterocycles. The summed E-state index contributed by atoms with van der Waals surface area (Å²) in [5.74, 6) is -0.241. The Hall–Kier alpha value is -3.91. The summed E-state index contributed by atoms with van der Waals surface area (Å²) in [7, 11) is 0. The van der Waals surface area contributed by atoms with Crippen LogP contribution in [-0.2, 0) is 4.79 Å². The van der Waals surface area contributed by atoms with Gasteiger partial charge in [0.05, 0.1) is 17.5 Å². The molecule has 0 spiro atoms. The molecule has 1 amide bonds. The maximum Gasteiger partial charge on any atom is 0.343 e. The van der Waals surface area contributed by atoms with Crippen LogP contribution >= 0.6 is 11.8 Å². The van der Waals surface area contributed by atoms with Crippen molar-refractivity contribution in [1.29, 1.82) is 0 Å². The Morgan fingerprint density at radius 3 is 2.72 bits per heavy atom. The van der Waals surface area contributed by atoms with Gasteiger partial charge >= 0.3 is 5.97 Å². The van der Waals surface area contributed by atoms with Crippen molar-refractivity contribution in [2.24, 2.45) is 5.10 Å². The van der Waals surface area contributed by atoms with Crippen molar-refractivity contribution in [2.75, 3.05) is 5.75 Å². The number of aryl methyl sites for hydroxylation is 1. The minimum atomic E-state index is -0.441. The number of thioether (sulfide) groups is 1. The molecule has 4 rings (SSSR count). The van der Waals surface area contributed by atoms with Crippen LogP contribution in [0.4, 0.5) is 0 Å². The lowest BCUT2D eigenvalue weighted by Crippen LogP contribution is -2.19. The van der Waals surface area contributed by atoms with Crippen LogP contribution < -0.4 is 10.2 Å². The number of carbonyl (C=O) groups is 2. The van der Waals surface area contributed by atoms with Crippen LogP contribution in [-0.4, -0.2) is 28.8 Å². The average Bonchev–Trinajstić information content (AvgIpc) is 3.21. The molecule has 7 nitrogen and oxygen atoms in total. The van der Waals surface area contributed by atoms with Gasteiger partial charge < -0.3 is 9.15 Å². The molecule has 1 aromatic heterocycles. The van der Waals surface area contributed by atoms with E-state index in [-0.39, 0.29) is 11.7 Å². The van der Waals surface area contributed by atoms with Gasteiger partial charge in [-0.3, -0.25) is 4.79 Å². The van der Waals surface area contributed by atoms with Crippen LogP contribution in [0.25, 0.3) is 11.1 Å². The number of fused-ring (bicyclic) bond motifs is 1. The molecule has 0 aliphatic carbocycles. The molecule has 0 aliphatic rings. The third-order valence-corrected chi connectivity index (χ3v) is 5.19. The summed E-state index contributed by atoms with van der Waals surface area (Å²) in [4.78, 5) is 28.6. The van der Waals surface area contributed by atoms with Gasteiger partial charge in [-0.05, 0) is 48.9 Å². The largest absolute Gasteiger partial charge is 0.431 e. The first-order valence-electron chi connectivity index (χ1n) is 9.76. The lowest BCUT2D eigenvalue weighted by molar-refractivity contribution is -0.118. The fraction of sp³-hybridized carbons (Fsp3) is 0.0833. The standard InChI is InChI=1S/C24H19N3O4S/c1-16-9-11-18(12-10-16)23(29)30-19-6-4-5-17(13-19)14-25-27-22(28)15-32-24-26-20-7-2-3-8-21(20)31-24/h2-14H,15H2,1H3,(H,27,28)/b25-14-. The number of benzene rings is 3. The molecule has 32 heavy (non-hydrogen) atoms. The average molecular weight is 446 g/mol. The molecule has 0 atom stereocenters. The molecule has 3 aromatic carbocycles. The molecule has 8 heteroatoms. The number of rotatable bonds is 7. The zero-order valence-corrected chi connectivity index (χ0v) is 18.0. The fourth-order valence-electron chi connectivity index (χ4n) is 2.77. The number of nitrogens with one attached hydrogen (secondary N) is 1. The molecule has 0 fully saturated rings. The first-order valence-corrected chi connectivity index (χ1v) is 10.7. The SMILES string of the molecule is Cc1ccc(C(=O)Oc2cccc(/C=N\NC(=O)CSc3nc4ccccc4o3)c2)cc1. The smallest absolute Gasteiger partial charge is 0.343 e. The number of ether oxygens (including phenoxy) is 1. The number of carbonyl (C=O) groups excluding carboxylic acids is 2. The van der Waals surface area contributed by atoms with Crippen molar-refractivity contribution < 1.29 is 18.7 Å². The highest BCUT2D eigenvalue weighted by atomic mass is 32.2. The number of nitrogens with zero attached hydrogens (tertiary/aromatic N) is 2. The van der Waals surface area contributed by atoms with Crippen LogP contribution in [0.3, 0.4) is 0 Å². The van der Waals surface area contributed by atoms with Crippen LogP contribution in [0.1, 0.15) is 21.5 Å². The van der Waals surface area contributed by atoms with E-state index in [1.807, 2.05) is 43.3 Å². The third-order valence-electron chi connectivity index (χ3n) is 4.36. The maximum absolute atomic E-state index is 12.3. The van der Waals surface area contributed by atoms with Gasteiger partial charge in [0.1, 0.15) is 11.3 Å². The van der Waals surface area contributed by atoms with Gasteiger partial charge in [0.15, 0.2) is 5.58 Å². The lowest BCUT2D eigenvalue weighted by atomic mass is 10.1. The summed E-state index contributed by atoms with van der Waals surface area (Å²) >= 11 is 1.19. The quantitative estimate of drug-likeness (QED) is 0.147. The predicted molar refractivity (Wildman–Crippen MR) is 123 cm³/mol. The van der Waals surface area contributed by atoms with Crippen molar-refractivity contribution in [3.05, 3.63) is 89.5 Å². The van der Waals surface area contributed by atoms with Crippen LogP contribution in [0, 0.1) is 6.92 Å². The van der Waals surface area contributed by atoms with Crippen LogP contribution in [0.2, 0.25) is 0 Å². The molecule has 0 unspecified atom stereocenters. The minimum Gasteiger partial charge on any atom is -0.431 e. The molecule has 160 valence electrons. The van der Waals surface area contributed by atoms with E-state index in [1.165, 1.54) is 18.0 Å². The van der Waals surface area contributed by atoms with E-state index in [0.717, 1.165) is 11.1 Å². The number of amides is 1. The van der Waals surface area contributed by atoms with E-state index in [1.54, 1.807) is 36.4 Å². The van der Waals surface area contributed by atoms with E-state index in [4.69, 9.17) is 9.15 Å². The molecular formula is C24H19N3O4S. The van der Waals surface area contributed by atoms with Crippen molar-refractivity contribution in [3.8, 4) is 5.75 Å². The number of hydrazone groups is 1. The Kier molecular flexibility index (Phi) is 6.62. The summed E-state index contributed by atoms with van der Waals surface area (Å²) in [5, 5.41) is 4.38. The Morgan fingerprint density at radius 1 is 1.09 bits per heavy atom. The van der Waals surface area contributed by atoms with Gasteiger partial charge in [0.25, 0.3) is 11.1 Å². The van der Waals surface area contributed by atoms with E-state index in [9.17, 15) is 9.59 Å². The summed E-state index contributed by atoms with van der Waals surface area (Å²) in [6.07, 6.45) is 1.48. The van der Waals surface area contributed by atoms with Crippen molar-refractivity contribution >= 4 is 41.0 Å². The van der Waals surface area contributed by atoms with Gasteiger partial charge in [-0.25, -0.2) is 15.2 Å². The second-order valence-corrected chi connectivity index (χ2v) is 7.78. The van der Waals surface area contributed by atoms with Gasteiger partial charge in [-0.15, -0.1) is 0 Å². The number of oxazole rings is 1. The van der Waals surface area contributed by atoms with Gasteiger partial charge in [-0.1, -0.05) is 53.7 Å². The maximum atomic E-state index is 12.3. The van der Waals surface area contributed by atoms with Gasteiger partial charge in [-0.2, -0.15) is 5.10 Å². The summed E-state index contributed by atoms with van der Waals surface area (Å²) < 4.78 is 11.0. The summed E-state index contributed by atoms with van der Waals surface area (Å²) in [6, 6.07) is 21.4. The van der Waals surface area contributed by atoms with E-state index in [2.05, 4.69) is 15.5 Å². The first-order chi connectivity index (χ1) is 15.6. The monoisotopic (exact) mass is 445 g/mol. The first kappa shape index (κ1) is 21.3. The molecule has 0 saturated carbocycles. The van der Waals surface area contributed by atoms with E-state index in [0.29, 0.717) is 27.7 Å². The van der Waals surface area contributed by atoms with Crippen LogP contribution in [0.5, 0.6) is 5.75 Å². The Morgan fingerprint density at radius 2 is 1.91 bits per heavy atom. The second-order valence-electron chi connectivity index (χ2n) is 6.86. The summed E-state index contributed by atoms with van der Waals surface area (Å²) in [6.45, 7) is 1.95. The Bertz CT molecular complexity index is 1250. The molecular weight excluding hydrogens is 426 g/mol. The number of para-hydroxylation sites is 2. The highest BCUT2D eigenvalue weighted by Crippen LogP contribution is 2.22. The van der Waals surface area contributed by atoms with Crippen molar-refractivity contribution in [2.45, 2.75) is 12.1 Å².